The van der Waals surface area contributed by atoms with Crippen LogP contribution in [0.25, 0.3) is 0 Å². The number of nitrogens with zero attached hydrogens (tertiary/aromatic N) is 1. The highest BCUT2D eigenvalue weighted by molar-refractivity contribution is 9.10. The number of rotatable bonds is 4. The summed E-state index contributed by atoms with van der Waals surface area (Å²) in [6, 6.07) is 11.1. The fourth-order valence-electron chi connectivity index (χ4n) is 2.62. The molecule has 2 heterocycles. The lowest BCUT2D eigenvalue weighted by atomic mass is 9.99. The van der Waals surface area contributed by atoms with Gasteiger partial charge in [0.25, 0.3) is 5.91 Å². The van der Waals surface area contributed by atoms with Crippen molar-refractivity contribution < 1.29 is 13.9 Å². The summed E-state index contributed by atoms with van der Waals surface area (Å²) >= 11 is 3.39. The number of hydrogen-bond acceptors (Lipinski definition) is 3. The molecule has 0 unspecified atom stereocenters. The van der Waals surface area contributed by atoms with E-state index in [1.54, 1.807) is 12.1 Å². The first kappa shape index (κ1) is 16.1. The van der Waals surface area contributed by atoms with Crippen molar-refractivity contribution in [2.24, 2.45) is 5.92 Å². The quantitative estimate of drug-likeness (QED) is 0.787. The number of amides is 1. The van der Waals surface area contributed by atoms with Crippen LogP contribution in [0.15, 0.2) is 45.3 Å². The minimum atomic E-state index is -0.0215. The Balaban J connectivity index is 1.57. The van der Waals surface area contributed by atoms with E-state index in [-0.39, 0.29) is 5.91 Å². The molecule has 0 N–H and O–H groups in total. The van der Waals surface area contributed by atoms with Gasteiger partial charge in [-0.2, -0.15) is 0 Å². The standard InChI is InChI=1S/C18H20BrNO3/c1-13-8-10-20(11-9-13)18(21)17-7-6-16(23-17)12-22-15-4-2-14(19)3-5-15/h2-7,13H,8-12H2,1H3. The Kier molecular flexibility index (Phi) is 5.06. The SMILES string of the molecule is CC1CCN(C(=O)c2ccc(COc3ccc(Br)cc3)o2)CC1. The highest BCUT2D eigenvalue weighted by atomic mass is 79.9. The Labute approximate surface area is 144 Å². The van der Waals surface area contributed by atoms with Gasteiger partial charge in [-0.15, -0.1) is 0 Å². The van der Waals surface area contributed by atoms with E-state index < -0.39 is 0 Å². The monoisotopic (exact) mass is 377 g/mol. The maximum absolute atomic E-state index is 12.4. The number of benzene rings is 1. The topological polar surface area (TPSA) is 42.7 Å². The van der Waals surface area contributed by atoms with E-state index >= 15 is 0 Å². The zero-order valence-corrected chi connectivity index (χ0v) is 14.7. The summed E-state index contributed by atoms with van der Waals surface area (Å²) in [5.41, 5.74) is 0. The molecule has 1 aliphatic rings. The maximum atomic E-state index is 12.4. The second kappa shape index (κ2) is 7.21. The minimum Gasteiger partial charge on any atom is -0.486 e. The molecule has 1 aromatic heterocycles. The number of hydrogen-bond donors (Lipinski definition) is 0. The summed E-state index contributed by atoms with van der Waals surface area (Å²) in [5.74, 6) is 2.50. The molecule has 2 aromatic rings. The van der Waals surface area contributed by atoms with Crippen LogP contribution in [0.2, 0.25) is 0 Å². The fraction of sp³-hybridized carbons (Fsp3) is 0.389. The summed E-state index contributed by atoms with van der Waals surface area (Å²) in [5, 5.41) is 0. The van der Waals surface area contributed by atoms with Crippen molar-refractivity contribution in [1.82, 2.24) is 4.90 Å². The van der Waals surface area contributed by atoms with Gasteiger partial charge in [0.2, 0.25) is 0 Å². The van der Waals surface area contributed by atoms with E-state index in [2.05, 4.69) is 22.9 Å². The second-order valence-electron chi connectivity index (χ2n) is 5.98. The van der Waals surface area contributed by atoms with Crippen molar-refractivity contribution >= 4 is 21.8 Å². The molecule has 0 spiro atoms. The Morgan fingerprint density at radius 1 is 1.22 bits per heavy atom. The van der Waals surface area contributed by atoms with Crippen molar-refractivity contribution in [3.63, 3.8) is 0 Å². The average Bonchev–Trinajstić information content (AvgIpc) is 3.03. The summed E-state index contributed by atoms with van der Waals surface area (Å²) in [4.78, 5) is 14.3. The number of piperidine rings is 1. The van der Waals surface area contributed by atoms with E-state index in [4.69, 9.17) is 9.15 Å². The molecule has 23 heavy (non-hydrogen) atoms. The van der Waals surface area contributed by atoms with Gasteiger partial charge in [0.15, 0.2) is 5.76 Å². The van der Waals surface area contributed by atoms with Crippen LogP contribution in [0.1, 0.15) is 36.1 Å². The van der Waals surface area contributed by atoms with Crippen molar-refractivity contribution in [2.45, 2.75) is 26.4 Å². The first-order chi connectivity index (χ1) is 11.1. The van der Waals surface area contributed by atoms with Gasteiger partial charge in [-0.1, -0.05) is 22.9 Å². The number of carbonyl (C=O) groups is 1. The number of carbonyl (C=O) groups excluding carboxylic acids is 1. The molecule has 5 heteroatoms. The number of halogens is 1. The lowest BCUT2D eigenvalue weighted by Crippen LogP contribution is -2.37. The van der Waals surface area contributed by atoms with Crippen LogP contribution in [0.4, 0.5) is 0 Å². The number of ether oxygens (including phenoxy) is 1. The third-order valence-electron chi connectivity index (χ3n) is 4.14. The zero-order valence-electron chi connectivity index (χ0n) is 13.1. The van der Waals surface area contributed by atoms with Crippen LogP contribution >= 0.6 is 15.9 Å². The van der Waals surface area contributed by atoms with Gasteiger partial charge in [0.1, 0.15) is 18.1 Å². The lowest BCUT2D eigenvalue weighted by molar-refractivity contribution is 0.0661. The Bertz CT molecular complexity index is 657. The molecule has 1 aliphatic heterocycles. The van der Waals surface area contributed by atoms with Crippen molar-refractivity contribution in [2.75, 3.05) is 13.1 Å². The summed E-state index contributed by atoms with van der Waals surface area (Å²) < 4.78 is 12.3. The zero-order chi connectivity index (χ0) is 16.2. The van der Waals surface area contributed by atoms with Crippen LogP contribution < -0.4 is 4.74 Å². The van der Waals surface area contributed by atoms with E-state index in [9.17, 15) is 4.79 Å². The highest BCUT2D eigenvalue weighted by Gasteiger charge is 2.23. The first-order valence-electron chi connectivity index (χ1n) is 7.88. The van der Waals surface area contributed by atoms with Gasteiger partial charge >= 0.3 is 0 Å². The third kappa shape index (κ3) is 4.16. The van der Waals surface area contributed by atoms with Gasteiger partial charge in [-0.3, -0.25) is 4.79 Å². The van der Waals surface area contributed by atoms with Crippen LogP contribution in [0.5, 0.6) is 5.75 Å². The summed E-state index contributed by atoms with van der Waals surface area (Å²) in [7, 11) is 0. The molecule has 0 atom stereocenters. The van der Waals surface area contributed by atoms with E-state index in [1.807, 2.05) is 29.2 Å². The van der Waals surface area contributed by atoms with Crippen molar-refractivity contribution in [3.05, 3.63) is 52.4 Å². The molecular formula is C18H20BrNO3. The van der Waals surface area contributed by atoms with Crippen LogP contribution in [-0.2, 0) is 6.61 Å². The van der Waals surface area contributed by atoms with E-state index in [0.717, 1.165) is 36.2 Å². The molecule has 122 valence electrons. The Morgan fingerprint density at radius 2 is 1.91 bits per heavy atom. The predicted molar refractivity (Wildman–Crippen MR) is 91.5 cm³/mol. The molecule has 3 rings (SSSR count). The largest absolute Gasteiger partial charge is 0.486 e. The lowest BCUT2D eigenvalue weighted by Gasteiger charge is -2.29. The second-order valence-corrected chi connectivity index (χ2v) is 6.90. The normalized spacial score (nSPS) is 15.7. The number of furan rings is 1. The smallest absolute Gasteiger partial charge is 0.289 e. The predicted octanol–water partition coefficient (Wildman–Crippen LogP) is 4.49. The highest BCUT2D eigenvalue weighted by Crippen LogP contribution is 2.21. The van der Waals surface area contributed by atoms with Crippen molar-refractivity contribution in [3.8, 4) is 5.75 Å². The number of likely N-dealkylation sites (tertiary alicyclic amines) is 1. The van der Waals surface area contributed by atoms with Gasteiger partial charge in [-0.05, 0) is 55.2 Å². The molecule has 1 saturated heterocycles. The third-order valence-corrected chi connectivity index (χ3v) is 4.67. The molecule has 0 radical (unpaired) electrons. The molecular weight excluding hydrogens is 358 g/mol. The first-order valence-corrected chi connectivity index (χ1v) is 8.67. The summed E-state index contributed by atoms with van der Waals surface area (Å²) in [6.45, 7) is 4.16. The van der Waals surface area contributed by atoms with Crippen LogP contribution in [-0.4, -0.2) is 23.9 Å². The fourth-order valence-corrected chi connectivity index (χ4v) is 2.89. The van der Waals surface area contributed by atoms with Gasteiger partial charge < -0.3 is 14.1 Å². The Morgan fingerprint density at radius 3 is 2.61 bits per heavy atom. The van der Waals surface area contributed by atoms with Gasteiger partial charge in [0.05, 0.1) is 0 Å². The molecule has 1 fully saturated rings. The summed E-state index contributed by atoms with van der Waals surface area (Å²) in [6.07, 6.45) is 2.12. The van der Waals surface area contributed by atoms with Gasteiger partial charge in [-0.25, -0.2) is 0 Å². The van der Waals surface area contributed by atoms with Gasteiger partial charge in [0, 0.05) is 17.6 Å². The molecule has 0 bridgehead atoms. The van der Waals surface area contributed by atoms with Crippen LogP contribution in [0.3, 0.4) is 0 Å². The van der Waals surface area contributed by atoms with Crippen LogP contribution in [0, 0.1) is 5.92 Å². The molecule has 0 aliphatic carbocycles. The molecule has 0 saturated carbocycles. The molecule has 4 nitrogen and oxygen atoms in total. The minimum absolute atomic E-state index is 0.0215. The Hall–Kier alpha value is -1.75. The maximum Gasteiger partial charge on any atom is 0.289 e. The molecule has 1 aromatic carbocycles. The molecule has 1 amide bonds. The average molecular weight is 378 g/mol. The van der Waals surface area contributed by atoms with Crippen molar-refractivity contribution in [1.29, 1.82) is 0 Å². The van der Waals surface area contributed by atoms with E-state index in [0.29, 0.717) is 24.0 Å². The van der Waals surface area contributed by atoms with E-state index in [1.165, 1.54) is 0 Å².